The first-order valence-electron chi connectivity index (χ1n) is 6.27. The van der Waals surface area contributed by atoms with Gasteiger partial charge in [-0.1, -0.05) is 24.3 Å². The summed E-state index contributed by atoms with van der Waals surface area (Å²) < 4.78 is 0. The summed E-state index contributed by atoms with van der Waals surface area (Å²) in [6, 6.07) is 9.54. The van der Waals surface area contributed by atoms with E-state index in [1.165, 1.54) is 6.07 Å². The van der Waals surface area contributed by atoms with Crippen molar-refractivity contribution in [2.75, 3.05) is 5.32 Å². The quantitative estimate of drug-likeness (QED) is 0.641. The predicted octanol–water partition coefficient (Wildman–Crippen LogP) is 1.63. The highest BCUT2D eigenvalue weighted by Crippen LogP contribution is 2.18. The molecule has 21 heavy (non-hydrogen) atoms. The number of nitrogens with two attached hydrogens (primary N) is 1. The van der Waals surface area contributed by atoms with Crippen molar-refractivity contribution in [2.45, 2.75) is 13.0 Å². The van der Waals surface area contributed by atoms with Crippen molar-refractivity contribution in [3.63, 3.8) is 0 Å². The van der Waals surface area contributed by atoms with Gasteiger partial charge < -0.3 is 11.1 Å². The molecule has 1 heterocycles. The molecule has 0 spiro atoms. The van der Waals surface area contributed by atoms with Crippen molar-refractivity contribution in [1.29, 1.82) is 0 Å². The Hall–Kier alpha value is -2.80. The number of nitro benzene ring substituents is 1. The second-order valence-corrected chi connectivity index (χ2v) is 4.37. The van der Waals surface area contributed by atoms with Gasteiger partial charge in [-0.25, -0.2) is 4.98 Å². The molecule has 0 saturated heterocycles. The Kier molecular flexibility index (Phi) is 4.57. The Morgan fingerprint density at radius 3 is 2.67 bits per heavy atom. The van der Waals surface area contributed by atoms with Crippen molar-refractivity contribution in [3.8, 4) is 0 Å². The number of hydrogen-bond acceptors (Lipinski definition) is 5. The molecule has 0 saturated carbocycles. The van der Waals surface area contributed by atoms with E-state index < -0.39 is 4.92 Å². The first-order valence-corrected chi connectivity index (χ1v) is 6.27. The van der Waals surface area contributed by atoms with Crippen LogP contribution in [0.25, 0.3) is 0 Å². The van der Waals surface area contributed by atoms with Crippen LogP contribution < -0.4 is 11.1 Å². The number of pyridine rings is 1. The molecule has 7 nitrogen and oxygen atoms in total. The minimum atomic E-state index is -0.503. The van der Waals surface area contributed by atoms with Crippen molar-refractivity contribution in [3.05, 3.63) is 63.8 Å². The van der Waals surface area contributed by atoms with Gasteiger partial charge in [-0.3, -0.25) is 14.9 Å². The molecule has 108 valence electrons. The molecule has 0 aliphatic heterocycles. The first kappa shape index (κ1) is 14.6. The lowest BCUT2D eigenvalue weighted by atomic mass is 10.1. The summed E-state index contributed by atoms with van der Waals surface area (Å²) >= 11 is 0. The number of nitrogens with one attached hydrogen (secondary N) is 1. The Labute approximate surface area is 121 Å². The molecular formula is C14H14N4O3. The molecule has 0 fully saturated rings. The Balaban J connectivity index is 2.06. The second kappa shape index (κ2) is 6.58. The SMILES string of the molecule is NCc1ccc(NC(=O)Cc2ccccc2[N+](=O)[O-])nc1. The Bertz CT molecular complexity index is 656. The third-order valence-electron chi connectivity index (χ3n) is 2.87. The van der Waals surface area contributed by atoms with E-state index in [1.807, 2.05) is 0 Å². The molecule has 1 aromatic heterocycles. The van der Waals surface area contributed by atoms with E-state index in [1.54, 1.807) is 36.5 Å². The molecule has 0 aliphatic carbocycles. The molecule has 0 bridgehead atoms. The van der Waals surface area contributed by atoms with Crippen LogP contribution in [0.15, 0.2) is 42.6 Å². The molecule has 3 N–H and O–H groups in total. The number of para-hydroxylation sites is 1. The fourth-order valence-corrected chi connectivity index (χ4v) is 1.82. The summed E-state index contributed by atoms with van der Waals surface area (Å²) in [5.41, 5.74) is 6.60. The van der Waals surface area contributed by atoms with Crippen molar-refractivity contribution in [2.24, 2.45) is 5.73 Å². The van der Waals surface area contributed by atoms with Crippen LogP contribution >= 0.6 is 0 Å². The molecule has 1 aromatic carbocycles. The smallest absolute Gasteiger partial charge is 0.273 e. The van der Waals surface area contributed by atoms with Crippen LogP contribution in [0.3, 0.4) is 0 Å². The van der Waals surface area contributed by atoms with Crippen LogP contribution in [-0.4, -0.2) is 15.8 Å². The van der Waals surface area contributed by atoms with Crippen LogP contribution in [-0.2, 0) is 17.8 Å². The van der Waals surface area contributed by atoms with Gasteiger partial charge in [0.1, 0.15) is 5.82 Å². The zero-order chi connectivity index (χ0) is 15.2. The summed E-state index contributed by atoms with van der Waals surface area (Å²) in [6.07, 6.45) is 1.48. The van der Waals surface area contributed by atoms with E-state index in [0.29, 0.717) is 17.9 Å². The van der Waals surface area contributed by atoms with Gasteiger partial charge in [0, 0.05) is 24.4 Å². The Morgan fingerprint density at radius 2 is 2.05 bits per heavy atom. The predicted molar refractivity (Wildman–Crippen MR) is 77.6 cm³/mol. The number of carbonyl (C=O) groups excluding carboxylic acids is 1. The van der Waals surface area contributed by atoms with Crippen LogP contribution in [0, 0.1) is 10.1 Å². The number of amides is 1. The zero-order valence-corrected chi connectivity index (χ0v) is 11.2. The van der Waals surface area contributed by atoms with Gasteiger partial charge >= 0.3 is 0 Å². The number of carbonyl (C=O) groups is 1. The summed E-state index contributed by atoms with van der Waals surface area (Å²) in [7, 11) is 0. The number of anilines is 1. The number of benzene rings is 1. The van der Waals surface area contributed by atoms with Crippen LogP contribution in [0.1, 0.15) is 11.1 Å². The lowest BCUT2D eigenvalue weighted by molar-refractivity contribution is -0.385. The van der Waals surface area contributed by atoms with Gasteiger partial charge in [-0.2, -0.15) is 0 Å². The summed E-state index contributed by atoms with van der Waals surface area (Å²) in [5.74, 6) is 0.0214. The largest absolute Gasteiger partial charge is 0.326 e. The third-order valence-corrected chi connectivity index (χ3v) is 2.87. The van der Waals surface area contributed by atoms with E-state index in [0.717, 1.165) is 5.56 Å². The lowest BCUT2D eigenvalue weighted by Gasteiger charge is -2.05. The maximum absolute atomic E-state index is 11.9. The standard InChI is InChI=1S/C14H14N4O3/c15-8-10-5-6-13(16-9-10)17-14(19)7-11-3-1-2-4-12(11)18(20)21/h1-6,9H,7-8,15H2,(H,16,17,19). The highest BCUT2D eigenvalue weighted by molar-refractivity contribution is 5.91. The number of nitro groups is 1. The molecule has 0 unspecified atom stereocenters. The molecule has 0 atom stereocenters. The maximum Gasteiger partial charge on any atom is 0.273 e. The minimum Gasteiger partial charge on any atom is -0.326 e. The number of aromatic nitrogens is 1. The van der Waals surface area contributed by atoms with Crippen LogP contribution in [0.5, 0.6) is 0 Å². The monoisotopic (exact) mass is 286 g/mol. The summed E-state index contributed by atoms with van der Waals surface area (Å²) in [6.45, 7) is 0.372. The molecule has 1 amide bonds. The molecule has 0 aliphatic rings. The van der Waals surface area contributed by atoms with E-state index in [9.17, 15) is 14.9 Å². The Morgan fingerprint density at radius 1 is 1.29 bits per heavy atom. The van der Waals surface area contributed by atoms with Crippen molar-refractivity contribution in [1.82, 2.24) is 4.98 Å². The summed E-state index contributed by atoms with van der Waals surface area (Å²) in [5, 5.41) is 13.5. The van der Waals surface area contributed by atoms with Gasteiger partial charge in [0.2, 0.25) is 5.91 Å². The van der Waals surface area contributed by atoms with E-state index >= 15 is 0 Å². The van der Waals surface area contributed by atoms with Crippen molar-refractivity contribution < 1.29 is 9.72 Å². The van der Waals surface area contributed by atoms with Gasteiger partial charge in [-0.05, 0) is 11.6 Å². The fourth-order valence-electron chi connectivity index (χ4n) is 1.82. The molecular weight excluding hydrogens is 272 g/mol. The molecule has 0 radical (unpaired) electrons. The van der Waals surface area contributed by atoms with E-state index in [2.05, 4.69) is 10.3 Å². The highest BCUT2D eigenvalue weighted by atomic mass is 16.6. The van der Waals surface area contributed by atoms with E-state index in [4.69, 9.17) is 5.73 Å². The lowest BCUT2D eigenvalue weighted by Crippen LogP contribution is -2.16. The number of rotatable bonds is 5. The van der Waals surface area contributed by atoms with Crippen molar-refractivity contribution >= 4 is 17.4 Å². The van der Waals surface area contributed by atoms with Crippen LogP contribution in [0.2, 0.25) is 0 Å². The average molecular weight is 286 g/mol. The normalized spacial score (nSPS) is 10.1. The first-order chi connectivity index (χ1) is 10.1. The fraction of sp³-hybridized carbons (Fsp3) is 0.143. The van der Waals surface area contributed by atoms with E-state index in [-0.39, 0.29) is 18.0 Å². The maximum atomic E-state index is 11.9. The highest BCUT2D eigenvalue weighted by Gasteiger charge is 2.15. The number of hydrogen-bond donors (Lipinski definition) is 2. The molecule has 7 heteroatoms. The molecule has 2 rings (SSSR count). The molecule has 2 aromatic rings. The van der Waals surface area contributed by atoms with Gasteiger partial charge in [0.25, 0.3) is 5.69 Å². The van der Waals surface area contributed by atoms with Gasteiger partial charge in [0.05, 0.1) is 11.3 Å². The summed E-state index contributed by atoms with van der Waals surface area (Å²) in [4.78, 5) is 26.3. The van der Waals surface area contributed by atoms with Gasteiger partial charge in [-0.15, -0.1) is 0 Å². The topological polar surface area (TPSA) is 111 Å². The number of nitrogens with zero attached hydrogens (tertiary/aromatic N) is 2. The van der Waals surface area contributed by atoms with Crippen LogP contribution in [0.4, 0.5) is 11.5 Å². The van der Waals surface area contributed by atoms with Gasteiger partial charge in [0.15, 0.2) is 0 Å². The second-order valence-electron chi connectivity index (χ2n) is 4.37. The third kappa shape index (κ3) is 3.83. The zero-order valence-electron chi connectivity index (χ0n) is 11.2. The minimum absolute atomic E-state index is 0.0703. The average Bonchev–Trinajstić information content (AvgIpc) is 2.48.